The van der Waals surface area contributed by atoms with Gasteiger partial charge in [0, 0.05) is 25.1 Å². The SMILES string of the molecule is COc1ccc(C)cc1CN(C)CCC(C)=O. The summed E-state index contributed by atoms with van der Waals surface area (Å²) >= 11 is 0. The van der Waals surface area contributed by atoms with E-state index in [0.29, 0.717) is 6.42 Å². The maximum absolute atomic E-state index is 10.9. The van der Waals surface area contributed by atoms with E-state index in [4.69, 9.17) is 4.74 Å². The predicted molar refractivity (Wildman–Crippen MR) is 69.4 cm³/mol. The molecule has 0 radical (unpaired) electrons. The van der Waals surface area contributed by atoms with Gasteiger partial charge in [0.05, 0.1) is 7.11 Å². The van der Waals surface area contributed by atoms with Crippen molar-refractivity contribution in [1.29, 1.82) is 0 Å². The molecule has 94 valence electrons. The molecule has 17 heavy (non-hydrogen) atoms. The number of Topliss-reactive ketones (excluding diaryl/α,β-unsaturated/α-hetero) is 1. The molecule has 0 heterocycles. The van der Waals surface area contributed by atoms with E-state index in [2.05, 4.69) is 17.9 Å². The van der Waals surface area contributed by atoms with Crippen LogP contribution in [0.15, 0.2) is 18.2 Å². The maximum atomic E-state index is 10.9. The van der Waals surface area contributed by atoms with Crippen molar-refractivity contribution in [2.75, 3.05) is 20.7 Å². The molecule has 0 aliphatic heterocycles. The molecular weight excluding hydrogens is 214 g/mol. The number of carbonyl (C=O) groups is 1. The Hall–Kier alpha value is -1.35. The van der Waals surface area contributed by atoms with Crippen LogP contribution in [-0.2, 0) is 11.3 Å². The first-order valence-corrected chi connectivity index (χ1v) is 5.84. The number of nitrogens with zero attached hydrogens (tertiary/aromatic N) is 1. The van der Waals surface area contributed by atoms with Crippen molar-refractivity contribution < 1.29 is 9.53 Å². The normalized spacial score (nSPS) is 10.6. The zero-order valence-corrected chi connectivity index (χ0v) is 11.1. The van der Waals surface area contributed by atoms with E-state index in [1.165, 1.54) is 11.1 Å². The molecule has 1 aromatic rings. The van der Waals surface area contributed by atoms with Crippen molar-refractivity contribution in [3.8, 4) is 5.75 Å². The Kier molecular flexibility index (Phi) is 5.16. The van der Waals surface area contributed by atoms with Gasteiger partial charge in [-0.1, -0.05) is 17.7 Å². The highest BCUT2D eigenvalue weighted by Gasteiger charge is 2.07. The van der Waals surface area contributed by atoms with E-state index in [0.717, 1.165) is 18.8 Å². The second-order valence-corrected chi connectivity index (χ2v) is 4.51. The topological polar surface area (TPSA) is 29.5 Å². The Labute approximate surface area is 103 Å². The molecule has 1 rings (SSSR count). The van der Waals surface area contributed by atoms with Crippen molar-refractivity contribution in [3.05, 3.63) is 29.3 Å². The summed E-state index contributed by atoms with van der Waals surface area (Å²) in [5.74, 6) is 1.14. The van der Waals surface area contributed by atoms with Gasteiger partial charge in [0.1, 0.15) is 11.5 Å². The highest BCUT2D eigenvalue weighted by atomic mass is 16.5. The average Bonchev–Trinajstić information content (AvgIpc) is 2.27. The lowest BCUT2D eigenvalue weighted by Crippen LogP contribution is -2.21. The molecule has 0 amide bonds. The molecule has 3 nitrogen and oxygen atoms in total. The fraction of sp³-hybridized carbons (Fsp3) is 0.500. The third kappa shape index (κ3) is 4.57. The molecule has 1 aromatic carbocycles. The van der Waals surface area contributed by atoms with Gasteiger partial charge in [-0.05, 0) is 27.0 Å². The molecule has 0 aliphatic carbocycles. The number of aryl methyl sites for hydroxylation is 1. The molecule has 0 atom stereocenters. The number of ether oxygens (including phenoxy) is 1. The van der Waals surface area contributed by atoms with Gasteiger partial charge >= 0.3 is 0 Å². The Morgan fingerprint density at radius 1 is 1.41 bits per heavy atom. The van der Waals surface area contributed by atoms with E-state index in [-0.39, 0.29) is 5.78 Å². The summed E-state index contributed by atoms with van der Waals surface area (Å²) in [7, 11) is 3.70. The van der Waals surface area contributed by atoms with Crippen LogP contribution in [0.3, 0.4) is 0 Å². The summed E-state index contributed by atoms with van der Waals surface area (Å²) in [5, 5.41) is 0. The smallest absolute Gasteiger partial charge is 0.131 e. The van der Waals surface area contributed by atoms with Crippen LogP contribution < -0.4 is 4.74 Å². The van der Waals surface area contributed by atoms with Crippen LogP contribution in [-0.4, -0.2) is 31.4 Å². The van der Waals surface area contributed by atoms with Crippen molar-refractivity contribution in [3.63, 3.8) is 0 Å². The first-order valence-electron chi connectivity index (χ1n) is 5.84. The molecule has 0 aromatic heterocycles. The standard InChI is InChI=1S/C14H21NO2/c1-11-5-6-14(17-4)13(9-11)10-15(3)8-7-12(2)16/h5-6,9H,7-8,10H2,1-4H3. The molecule has 3 heteroatoms. The molecule has 0 saturated heterocycles. The van der Waals surface area contributed by atoms with Crippen LogP contribution in [0.25, 0.3) is 0 Å². The van der Waals surface area contributed by atoms with Crippen LogP contribution in [0.4, 0.5) is 0 Å². The summed E-state index contributed by atoms with van der Waals surface area (Å²) in [6.07, 6.45) is 0.602. The predicted octanol–water partition coefficient (Wildman–Crippen LogP) is 2.41. The lowest BCUT2D eigenvalue weighted by atomic mass is 10.1. The van der Waals surface area contributed by atoms with Gasteiger partial charge in [-0.2, -0.15) is 0 Å². The van der Waals surface area contributed by atoms with Crippen LogP contribution in [0.5, 0.6) is 5.75 Å². The fourth-order valence-corrected chi connectivity index (χ4v) is 1.75. The maximum Gasteiger partial charge on any atom is 0.131 e. The van der Waals surface area contributed by atoms with Crippen molar-refractivity contribution in [2.24, 2.45) is 0 Å². The van der Waals surface area contributed by atoms with Crippen molar-refractivity contribution in [1.82, 2.24) is 4.90 Å². The van der Waals surface area contributed by atoms with Crippen LogP contribution in [0.1, 0.15) is 24.5 Å². The Bertz CT molecular complexity index is 388. The molecule has 0 spiro atoms. The first-order chi connectivity index (χ1) is 8.02. The van der Waals surface area contributed by atoms with Gasteiger partial charge in [-0.25, -0.2) is 0 Å². The van der Waals surface area contributed by atoms with Crippen molar-refractivity contribution >= 4 is 5.78 Å². The number of carbonyl (C=O) groups excluding carboxylic acids is 1. The van der Waals surface area contributed by atoms with E-state index < -0.39 is 0 Å². The Balaban J connectivity index is 2.66. The Morgan fingerprint density at radius 3 is 2.71 bits per heavy atom. The van der Waals surface area contributed by atoms with Crippen LogP contribution in [0.2, 0.25) is 0 Å². The molecule has 0 aliphatic rings. The third-order valence-electron chi connectivity index (χ3n) is 2.72. The quantitative estimate of drug-likeness (QED) is 0.758. The minimum absolute atomic E-state index is 0.230. The molecule has 0 unspecified atom stereocenters. The summed E-state index contributed by atoms with van der Waals surface area (Å²) in [6.45, 7) is 5.28. The highest BCUT2D eigenvalue weighted by molar-refractivity contribution is 5.75. The van der Waals surface area contributed by atoms with E-state index in [1.54, 1.807) is 14.0 Å². The van der Waals surface area contributed by atoms with Gasteiger partial charge in [-0.15, -0.1) is 0 Å². The van der Waals surface area contributed by atoms with Crippen molar-refractivity contribution in [2.45, 2.75) is 26.8 Å². The second kappa shape index (κ2) is 6.40. The highest BCUT2D eigenvalue weighted by Crippen LogP contribution is 2.20. The monoisotopic (exact) mass is 235 g/mol. The third-order valence-corrected chi connectivity index (χ3v) is 2.72. The summed E-state index contributed by atoms with van der Waals surface area (Å²) in [4.78, 5) is 13.1. The largest absolute Gasteiger partial charge is 0.496 e. The zero-order valence-electron chi connectivity index (χ0n) is 11.1. The van der Waals surface area contributed by atoms with Gasteiger partial charge in [0.25, 0.3) is 0 Å². The number of benzene rings is 1. The van der Waals surface area contributed by atoms with Gasteiger partial charge in [0.2, 0.25) is 0 Å². The lowest BCUT2D eigenvalue weighted by molar-refractivity contribution is -0.117. The number of ketones is 1. The number of hydrogen-bond acceptors (Lipinski definition) is 3. The van der Waals surface area contributed by atoms with Crippen LogP contribution >= 0.6 is 0 Å². The minimum Gasteiger partial charge on any atom is -0.496 e. The number of methoxy groups -OCH3 is 1. The van der Waals surface area contributed by atoms with E-state index in [9.17, 15) is 4.79 Å². The molecule has 0 N–H and O–H groups in total. The van der Waals surface area contributed by atoms with E-state index >= 15 is 0 Å². The second-order valence-electron chi connectivity index (χ2n) is 4.51. The molecule has 0 saturated carbocycles. The summed E-state index contributed by atoms with van der Waals surface area (Å²) in [5.41, 5.74) is 2.39. The molecule has 0 bridgehead atoms. The zero-order chi connectivity index (χ0) is 12.8. The summed E-state index contributed by atoms with van der Waals surface area (Å²) in [6, 6.07) is 6.16. The average molecular weight is 235 g/mol. The van der Waals surface area contributed by atoms with Gasteiger partial charge < -0.3 is 9.64 Å². The molecular formula is C14H21NO2. The fourth-order valence-electron chi connectivity index (χ4n) is 1.75. The summed E-state index contributed by atoms with van der Waals surface area (Å²) < 4.78 is 5.33. The first kappa shape index (κ1) is 13.7. The Morgan fingerprint density at radius 2 is 2.12 bits per heavy atom. The minimum atomic E-state index is 0.230. The number of rotatable bonds is 6. The molecule has 0 fully saturated rings. The van der Waals surface area contributed by atoms with E-state index in [1.807, 2.05) is 19.2 Å². The van der Waals surface area contributed by atoms with Gasteiger partial charge in [0.15, 0.2) is 0 Å². The van der Waals surface area contributed by atoms with Gasteiger partial charge in [-0.3, -0.25) is 4.79 Å². The lowest BCUT2D eigenvalue weighted by Gasteiger charge is -2.18. The number of hydrogen-bond donors (Lipinski definition) is 0. The van der Waals surface area contributed by atoms with Crippen LogP contribution in [0, 0.1) is 6.92 Å².